The molecule has 5 heteroatoms. The zero-order valence-electron chi connectivity index (χ0n) is 14.6. The maximum Gasteiger partial charge on any atom is 0.186 e. The van der Waals surface area contributed by atoms with Crippen molar-refractivity contribution in [3.63, 3.8) is 0 Å². The largest absolute Gasteiger partial charge is 0.397 e. The van der Waals surface area contributed by atoms with Gasteiger partial charge >= 0.3 is 0 Å². The number of hydrogen-bond donors (Lipinski definition) is 2. The van der Waals surface area contributed by atoms with Crippen LogP contribution in [0.25, 0.3) is 0 Å². The molecule has 0 aromatic heterocycles. The van der Waals surface area contributed by atoms with Gasteiger partial charge in [0.1, 0.15) is 12.1 Å². The molecule has 134 valence electrons. The Bertz CT molecular complexity index is 513. The van der Waals surface area contributed by atoms with Crippen molar-refractivity contribution in [1.82, 2.24) is 0 Å². The van der Waals surface area contributed by atoms with Crippen molar-refractivity contribution in [1.29, 1.82) is 0 Å². The minimum atomic E-state index is -0.821. The van der Waals surface area contributed by atoms with E-state index in [0.29, 0.717) is 5.76 Å². The van der Waals surface area contributed by atoms with Gasteiger partial charge in [-0.3, -0.25) is 4.79 Å². The third-order valence-corrected chi connectivity index (χ3v) is 6.05. The lowest BCUT2D eigenvalue weighted by Crippen LogP contribution is -2.38. The van der Waals surface area contributed by atoms with Gasteiger partial charge in [0.15, 0.2) is 11.5 Å². The quantitative estimate of drug-likeness (QED) is 0.609. The SMILES string of the molecule is CC1CCC(C2CCC(OOC3=C(N)C(N)C(=O)C=C3)CC2)CC1. The Balaban J connectivity index is 1.43. The lowest BCUT2D eigenvalue weighted by molar-refractivity contribution is -0.299. The average molecular weight is 334 g/mol. The maximum atomic E-state index is 11.4. The molecule has 0 aromatic rings. The summed E-state index contributed by atoms with van der Waals surface area (Å²) in [4.78, 5) is 22.4. The van der Waals surface area contributed by atoms with Crippen molar-refractivity contribution < 1.29 is 14.6 Å². The Hall–Kier alpha value is -1.33. The van der Waals surface area contributed by atoms with Crippen LogP contribution < -0.4 is 11.5 Å². The zero-order valence-corrected chi connectivity index (χ0v) is 14.6. The number of allylic oxidation sites excluding steroid dienone is 1. The summed E-state index contributed by atoms with van der Waals surface area (Å²) < 4.78 is 0. The first kappa shape index (κ1) is 17.5. The molecule has 3 aliphatic carbocycles. The van der Waals surface area contributed by atoms with Gasteiger partial charge in [0, 0.05) is 0 Å². The summed E-state index contributed by atoms with van der Waals surface area (Å²) in [5.74, 6) is 2.83. The van der Waals surface area contributed by atoms with Crippen molar-refractivity contribution in [2.45, 2.75) is 70.4 Å². The van der Waals surface area contributed by atoms with Gasteiger partial charge in [-0.05, 0) is 68.4 Å². The Morgan fingerprint density at radius 3 is 2.17 bits per heavy atom. The number of hydrogen-bond acceptors (Lipinski definition) is 5. The smallest absolute Gasteiger partial charge is 0.186 e. The molecule has 2 fully saturated rings. The fourth-order valence-corrected chi connectivity index (χ4v) is 4.27. The summed E-state index contributed by atoms with van der Waals surface area (Å²) in [5, 5.41) is 0. The molecule has 4 N–H and O–H groups in total. The van der Waals surface area contributed by atoms with Crippen LogP contribution >= 0.6 is 0 Å². The van der Waals surface area contributed by atoms with E-state index in [2.05, 4.69) is 6.92 Å². The lowest BCUT2D eigenvalue weighted by atomic mass is 9.71. The van der Waals surface area contributed by atoms with Crippen LogP contribution in [0.2, 0.25) is 0 Å². The third-order valence-electron chi connectivity index (χ3n) is 6.05. The van der Waals surface area contributed by atoms with E-state index >= 15 is 0 Å². The first-order valence-electron chi connectivity index (χ1n) is 9.35. The number of rotatable bonds is 4. The van der Waals surface area contributed by atoms with Gasteiger partial charge in [0.25, 0.3) is 0 Å². The maximum absolute atomic E-state index is 11.4. The van der Waals surface area contributed by atoms with Gasteiger partial charge in [-0.1, -0.05) is 19.8 Å². The van der Waals surface area contributed by atoms with Crippen molar-refractivity contribution in [3.8, 4) is 0 Å². The Morgan fingerprint density at radius 1 is 0.958 bits per heavy atom. The van der Waals surface area contributed by atoms with Gasteiger partial charge < -0.3 is 16.4 Å². The lowest BCUT2D eigenvalue weighted by Gasteiger charge is -2.36. The van der Waals surface area contributed by atoms with Crippen molar-refractivity contribution >= 4 is 5.78 Å². The monoisotopic (exact) mass is 334 g/mol. The highest BCUT2D eigenvalue weighted by Crippen LogP contribution is 2.40. The summed E-state index contributed by atoms with van der Waals surface area (Å²) >= 11 is 0. The van der Waals surface area contributed by atoms with Gasteiger partial charge in [-0.15, -0.1) is 0 Å². The van der Waals surface area contributed by atoms with Crippen LogP contribution in [0, 0.1) is 17.8 Å². The number of carbonyl (C=O) groups is 1. The molecule has 3 aliphatic rings. The molecule has 0 spiro atoms. The molecule has 0 aliphatic heterocycles. The molecule has 0 aromatic carbocycles. The standard InChI is InChI=1S/C19H30N2O3/c1-12-2-4-13(5-3-12)14-6-8-15(9-7-14)23-24-17-11-10-16(22)18(20)19(17)21/h10-15,18H,2-9,20-21H2,1H3. The van der Waals surface area contributed by atoms with Crippen LogP contribution in [0.4, 0.5) is 0 Å². The van der Waals surface area contributed by atoms with Crippen LogP contribution in [0.1, 0.15) is 58.3 Å². The molecule has 24 heavy (non-hydrogen) atoms. The van der Waals surface area contributed by atoms with E-state index in [9.17, 15) is 4.79 Å². The van der Waals surface area contributed by atoms with E-state index in [-0.39, 0.29) is 17.6 Å². The van der Waals surface area contributed by atoms with Crippen LogP contribution in [0.15, 0.2) is 23.6 Å². The molecule has 0 heterocycles. The highest BCUT2D eigenvalue weighted by Gasteiger charge is 2.31. The second-order valence-electron chi connectivity index (χ2n) is 7.77. The topological polar surface area (TPSA) is 87.6 Å². The first-order chi connectivity index (χ1) is 11.5. The third kappa shape index (κ3) is 4.01. The number of ketones is 1. The summed E-state index contributed by atoms with van der Waals surface area (Å²) in [7, 11) is 0. The molecule has 0 amide bonds. The Kier molecular flexibility index (Phi) is 5.61. The van der Waals surface area contributed by atoms with Gasteiger partial charge in [-0.2, -0.15) is 4.89 Å². The highest BCUT2D eigenvalue weighted by molar-refractivity contribution is 5.98. The van der Waals surface area contributed by atoms with E-state index in [1.807, 2.05) is 0 Å². The Morgan fingerprint density at radius 2 is 1.54 bits per heavy atom. The van der Waals surface area contributed by atoms with Crippen molar-refractivity contribution in [2.24, 2.45) is 29.2 Å². The molecular weight excluding hydrogens is 304 g/mol. The van der Waals surface area contributed by atoms with Crippen molar-refractivity contribution in [3.05, 3.63) is 23.6 Å². The fourth-order valence-electron chi connectivity index (χ4n) is 4.27. The van der Waals surface area contributed by atoms with E-state index in [0.717, 1.165) is 30.6 Å². The predicted molar refractivity (Wildman–Crippen MR) is 92.4 cm³/mol. The molecule has 2 saturated carbocycles. The van der Waals surface area contributed by atoms with Crippen LogP contribution in [-0.2, 0) is 14.6 Å². The van der Waals surface area contributed by atoms with E-state index in [1.165, 1.54) is 50.7 Å². The predicted octanol–water partition coefficient (Wildman–Crippen LogP) is 2.96. The summed E-state index contributed by atoms with van der Waals surface area (Å²) in [6.07, 6.45) is 13.1. The molecule has 5 nitrogen and oxygen atoms in total. The Labute approximate surface area is 144 Å². The van der Waals surface area contributed by atoms with Gasteiger partial charge in [0.2, 0.25) is 0 Å². The molecule has 0 saturated heterocycles. The second-order valence-corrected chi connectivity index (χ2v) is 7.77. The van der Waals surface area contributed by atoms with E-state index in [4.69, 9.17) is 21.2 Å². The van der Waals surface area contributed by atoms with Crippen molar-refractivity contribution in [2.75, 3.05) is 0 Å². The van der Waals surface area contributed by atoms with Crippen LogP contribution in [-0.4, -0.2) is 17.9 Å². The molecular formula is C19H30N2O3. The number of nitrogens with two attached hydrogens (primary N) is 2. The molecule has 3 rings (SSSR count). The number of carbonyl (C=O) groups excluding carboxylic acids is 1. The van der Waals surface area contributed by atoms with Crippen LogP contribution in [0.5, 0.6) is 0 Å². The zero-order chi connectivity index (χ0) is 17.1. The second kappa shape index (κ2) is 7.70. The van der Waals surface area contributed by atoms with E-state index in [1.54, 1.807) is 0 Å². The first-order valence-corrected chi connectivity index (χ1v) is 9.35. The fraction of sp³-hybridized carbons (Fsp3) is 0.737. The van der Waals surface area contributed by atoms with Gasteiger partial charge in [-0.25, -0.2) is 0 Å². The summed E-state index contributed by atoms with van der Waals surface area (Å²) in [5.41, 5.74) is 11.8. The summed E-state index contributed by atoms with van der Waals surface area (Å²) in [6, 6.07) is -0.821. The van der Waals surface area contributed by atoms with E-state index < -0.39 is 6.04 Å². The van der Waals surface area contributed by atoms with Crippen LogP contribution in [0.3, 0.4) is 0 Å². The molecule has 0 radical (unpaired) electrons. The molecule has 0 bridgehead atoms. The minimum absolute atomic E-state index is 0.103. The molecule has 1 unspecified atom stereocenters. The molecule has 1 atom stereocenters. The average Bonchev–Trinajstić information content (AvgIpc) is 2.60. The van der Waals surface area contributed by atoms with Gasteiger partial charge in [0.05, 0.1) is 5.70 Å². The summed E-state index contributed by atoms with van der Waals surface area (Å²) in [6.45, 7) is 2.37. The normalized spacial score (nSPS) is 37.6. The highest BCUT2D eigenvalue weighted by atomic mass is 17.2. The minimum Gasteiger partial charge on any atom is -0.397 e.